The van der Waals surface area contributed by atoms with Gasteiger partial charge in [0.05, 0.1) is 18.7 Å². The van der Waals surface area contributed by atoms with Crippen molar-refractivity contribution in [2.45, 2.75) is 79.6 Å². The number of aliphatic hydroxyl groups excluding tert-OH is 1. The molecule has 4 N–H and O–H groups in total. The van der Waals surface area contributed by atoms with Crippen LogP contribution in [0.25, 0.3) is 0 Å². The number of nitrogens with zero attached hydrogens (tertiary/aromatic N) is 1. The van der Waals surface area contributed by atoms with E-state index in [1.54, 1.807) is 19.1 Å². The molecule has 2 aromatic carbocycles. The van der Waals surface area contributed by atoms with E-state index in [1.807, 2.05) is 90.9 Å². The average Bonchev–Trinajstić information content (AvgIpc) is 2.84. The van der Waals surface area contributed by atoms with Gasteiger partial charge in [0.1, 0.15) is 5.60 Å². The van der Waals surface area contributed by atoms with E-state index >= 15 is 0 Å². The Labute approximate surface area is 211 Å². The number of aliphatic hydroxyl groups is 1. The minimum Gasteiger partial charge on any atom is -0.444 e. The van der Waals surface area contributed by atoms with Gasteiger partial charge in [-0.1, -0.05) is 70.2 Å². The van der Waals surface area contributed by atoms with Crippen LogP contribution in [-0.2, 0) is 16.0 Å². The van der Waals surface area contributed by atoms with Gasteiger partial charge in [0.15, 0.2) is 0 Å². The summed E-state index contributed by atoms with van der Waals surface area (Å²) < 4.78 is 5.53. The van der Waals surface area contributed by atoms with Gasteiger partial charge in [-0.15, -0.1) is 0 Å². The van der Waals surface area contributed by atoms with Crippen molar-refractivity contribution in [3.8, 4) is 0 Å². The lowest BCUT2D eigenvalue weighted by Gasteiger charge is -2.29. The second-order valence-corrected chi connectivity index (χ2v) is 8.58. The third-order valence-corrected chi connectivity index (χ3v) is 4.53. The van der Waals surface area contributed by atoms with Crippen molar-refractivity contribution in [2.24, 2.45) is 5.73 Å². The van der Waals surface area contributed by atoms with Crippen LogP contribution in [0.3, 0.4) is 0 Å². The second-order valence-electron chi connectivity index (χ2n) is 8.58. The number of nitrogens with two attached hydrogens (primary N) is 1. The fourth-order valence-electron chi connectivity index (χ4n) is 2.85. The Hall–Kier alpha value is -2.90. The van der Waals surface area contributed by atoms with Crippen LogP contribution in [0.15, 0.2) is 54.6 Å². The lowest BCUT2D eigenvalue weighted by molar-refractivity contribution is -0.117. The molecule has 2 rings (SSSR count). The van der Waals surface area contributed by atoms with Gasteiger partial charge in [-0.25, -0.2) is 4.79 Å². The smallest absolute Gasteiger partial charge is 0.410 e. The van der Waals surface area contributed by atoms with E-state index in [0.29, 0.717) is 18.7 Å². The van der Waals surface area contributed by atoms with Gasteiger partial charge in [0.2, 0.25) is 5.91 Å². The Kier molecular flexibility index (Phi) is 15.3. The molecule has 0 bridgehead atoms. The monoisotopic (exact) mass is 487 g/mol. The summed E-state index contributed by atoms with van der Waals surface area (Å²) in [7, 11) is 0. The highest BCUT2D eigenvalue weighted by atomic mass is 16.6. The summed E-state index contributed by atoms with van der Waals surface area (Å²) in [6.45, 7) is 15.6. The van der Waals surface area contributed by atoms with Crippen LogP contribution in [-0.4, -0.2) is 46.7 Å². The largest absolute Gasteiger partial charge is 0.444 e. The molecule has 0 aliphatic rings. The first kappa shape index (κ1) is 32.1. The number of amides is 2. The van der Waals surface area contributed by atoms with E-state index in [-0.39, 0.29) is 12.5 Å². The standard InChI is InChI=1S/C24H33N3O4.2C2H6/c1-17(25)22(29)26-20-12-10-18(11-13-20)14-15-27(23(30)31-24(2,3)4)16-21(28)19-8-6-5-7-9-19;2*1-2/h5-13,17,21,28H,14-16,25H2,1-4H3,(H,26,29);2*1-2H3/t17-,21-;;/m0../s1. The van der Waals surface area contributed by atoms with Crippen LogP contribution in [0.1, 0.15) is 72.6 Å². The molecule has 0 aromatic heterocycles. The van der Waals surface area contributed by atoms with E-state index in [1.165, 1.54) is 4.90 Å². The van der Waals surface area contributed by atoms with Gasteiger partial charge in [0, 0.05) is 12.2 Å². The number of carbonyl (C=O) groups excluding carboxylic acids is 2. The Bertz CT molecular complexity index is 847. The fourth-order valence-corrected chi connectivity index (χ4v) is 2.85. The molecule has 0 spiro atoms. The maximum atomic E-state index is 12.7. The molecule has 7 nitrogen and oxygen atoms in total. The Morgan fingerprint density at radius 3 is 2.03 bits per heavy atom. The molecule has 35 heavy (non-hydrogen) atoms. The number of benzene rings is 2. The van der Waals surface area contributed by atoms with Crippen molar-refractivity contribution in [1.82, 2.24) is 4.90 Å². The molecular formula is C28H45N3O4. The molecule has 0 heterocycles. The van der Waals surface area contributed by atoms with Crippen LogP contribution < -0.4 is 11.1 Å². The van der Waals surface area contributed by atoms with Crippen LogP contribution in [0.2, 0.25) is 0 Å². The number of carbonyl (C=O) groups is 2. The molecule has 0 aliphatic heterocycles. The lowest BCUT2D eigenvalue weighted by Crippen LogP contribution is -2.40. The second kappa shape index (κ2) is 16.7. The van der Waals surface area contributed by atoms with Crippen molar-refractivity contribution in [3.05, 3.63) is 65.7 Å². The minimum absolute atomic E-state index is 0.126. The van der Waals surface area contributed by atoms with E-state index in [0.717, 1.165) is 11.1 Å². The van der Waals surface area contributed by atoms with Crippen LogP contribution in [0.4, 0.5) is 10.5 Å². The molecule has 2 atom stereocenters. The molecule has 0 fully saturated rings. The highest BCUT2D eigenvalue weighted by molar-refractivity contribution is 5.94. The minimum atomic E-state index is -0.815. The highest BCUT2D eigenvalue weighted by Crippen LogP contribution is 2.18. The molecule has 196 valence electrons. The summed E-state index contributed by atoms with van der Waals surface area (Å²) in [5, 5.41) is 13.3. The molecule has 0 saturated carbocycles. The number of anilines is 1. The number of hydrogen-bond donors (Lipinski definition) is 3. The zero-order chi connectivity index (χ0) is 27.0. The fraction of sp³-hybridized carbons (Fsp3) is 0.500. The van der Waals surface area contributed by atoms with Crippen LogP contribution >= 0.6 is 0 Å². The van der Waals surface area contributed by atoms with E-state index in [2.05, 4.69) is 5.32 Å². The van der Waals surface area contributed by atoms with Crippen LogP contribution in [0, 0.1) is 0 Å². The summed E-state index contributed by atoms with van der Waals surface area (Å²) in [5.41, 5.74) is 7.32. The molecule has 0 unspecified atom stereocenters. The maximum Gasteiger partial charge on any atom is 0.410 e. The van der Waals surface area contributed by atoms with Crippen molar-refractivity contribution in [1.29, 1.82) is 0 Å². The van der Waals surface area contributed by atoms with Gasteiger partial charge < -0.3 is 25.8 Å². The Morgan fingerprint density at radius 2 is 1.54 bits per heavy atom. The third-order valence-electron chi connectivity index (χ3n) is 4.53. The zero-order valence-electron chi connectivity index (χ0n) is 22.7. The Balaban J connectivity index is 0.00000274. The summed E-state index contributed by atoms with van der Waals surface area (Å²) in [6, 6.07) is 16.0. The molecule has 0 aliphatic carbocycles. The summed E-state index contributed by atoms with van der Waals surface area (Å²) in [5.74, 6) is -0.251. The van der Waals surface area contributed by atoms with E-state index < -0.39 is 23.8 Å². The molecular weight excluding hydrogens is 442 g/mol. The van der Waals surface area contributed by atoms with Gasteiger partial charge in [-0.05, 0) is 57.4 Å². The number of rotatable bonds is 8. The van der Waals surface area contributed by atoms with Crippen molar-refractivity contribution >= 4 is 17.7 Å². The number of hydrogen-bond acceptors (Lipinski definition) is 5. The summed E-state index contributed by atoms with van der Waals surface area (Å²) in [4.78, 5) is 25.9. The third kappa shape index (κ3) is 12.9. The molecule has 0 radical (unpaired) electrons. The summed E-state index contributed by atoms with van der Waals surface area (Å²) >= 11 is 0. The first-order chi connectivity index (χ1) is 16.5. The van der Waals surface area contributed by atoms with E-state index in [4.69, 9.17) is 10.5 Å². The Morgan fingerprint density at radius 1 is 1.00 bits per heavy atom. The first-order valence-corrected chi connectivity index (χ1v) is 12.4. The first-order valence-electron chi connectivity index (χ1n) is 12.4. The van der Waals surface area contributed by atoms with Gasteiger partial charge in [0.25, 0.3) is 0 Å². The highest BCUT2D eigenvalue weighted by Gasteiger charge is 2.24. The van der Waals surface area contributed by atoms with Crippen molar-refractivity contribution < 1.29 is 19.4 Å². The average molecular weight is 488 g/mol. The van der Waals surface area contributed by atoms with Crippen molar-refractivity contribution in [3.63, 3.8) is 0 Å². The maximum absolute atomic E-state index is 12.7. The summed E-state index contributed by atoms with van der Waals surface area (Å²) in [6.07, 6.45) is -0.713. The lowest BCUT2D eigenvalue weighted by atomic mass is 10.1. The zero-order valence-corrected chi connectivity index (χ0v) is 22.7. The SMILES string of the molecule is CC.CC.C[C@H](N)C(=O)Nc1ccc(CCN(C[C@H](O)c2ccccc2)C(=O)OC(C)(C)C)cc1. The normalized spacial score (nSPS) is 12.1. The van der Waals surface area contributed by atoms with Crippen molar-refractivity contribution in [2.75, 3.05) is 18.4 Å². The number of nitrogens with one attached hydrogen (secondary N) is 1. The molecule has 2 aromatic rings. The predicted molar refractivity (Wildman–Crippen MR) is 144 cm³/mol. The van der Waals surface area contributed by atoms with Gasteiger partial charge in [-0.3, -0.25) is 4.79 Å². The molecule has 7 heteroatoms. The number of ether oxygens (including phenoxy) is 1. The van der Waals surface area contributed by atoms with Gasteiger partial charge >= 0.3 is 6.09 Å². The van der Waals surface area contributed by atoms with E-state index in [9.17, 15) is 14.7 Å². The topological polar surface area (TPSA) is 105 Å². The van der Waals surface area contributed by atoms with Gasteiger partial charge in [-0.2, -0.15) is 0 Å². The molecule has 0 saturated heterocycles. The predicted octanol–water partition coefficient (Wildman–Crippen LogP) is 5.54. The quantitative estimate of drug-likeness (QED) is 0.453. The van der Waals surface area contributed by atoms with Crippen LogP contribution in [0.5, 0.6) is 0 Å². The molecule has 2 amide bonds.